The van der Waals surface area contributed by atoms with E-state index in [1.165, 1.54) is 5.56 Å². The number of halogens is 2. The summed E-state index contributed by atoms with van der Waals surface area (Å²) < 4.78 is 20.8. The summed E-state index contributed by atoms with van der Waals surface area (Å²) in [6, 6.07) is 14.2. The van der Waals surface area contributed by atoms with Gasteiger partial charge in [0.15, 0.2) is 0 Å². The topological polar surface area (TPSA) is 39.2 Å². The van der Waals surface area contributed by atoms with Crippen LogP contribution in [0.3, 0.4) is 0 Å². The highest BCUT2D eigenvalue weighted by atomic mass is 79.9. The molecule has 0 fully saturated rings. The fraction of sp³-hybridized carbons (Fsp3) is 0.348. The molecule has 5 nitrogen and oxygen atoms in total. The Bertz CT molecular complexity index is 1120. The third kappa shape index (κ3) is 3.45. The molecule has 4 rings (SSSR count). The Morgan fingerprint density at radius 1 is 1.03 bits per heavy atom. The first kappa shape index (κ1) is 22.8. The van der Waals surface area contributed by atoms with Crippen LogP contribution >= 0.6 is 39.3 Å². The van der Waals surface area contributed by atoms with E-state index in [9.17, 15) is 4.57 Å². The van der Waals surface area contributed by atoms with Crippen LogP contribution < -0.4 is 9.68 Å². The number of hydrazone groups is 1. The Hall–Kier alpha value is -1.40. The molecule has 2 aliphatic heterocycles. The number of fused-ring (bicyclic) bond motifs is 1. The van der Waals surface area contributed by atoms with Gasteiger partial charge < -0.3 is 4.90 Å². The highest BCUT2D eigenvalue weighted by Crippen LogP contribution is 2.67. The van der Waals surface area contributed by atoms with Crippen LogP contribution in [-0.4, -0.2) is 31.0 Å². The Morgan fingerprint density at radius 3 is 2.26 bits per heavy atom. The van der Waals surface area contributed by atoms with Crippen molar-refractivity contribution in [2.24, 2.45) is 5.10 Å². The first-order chi connectivity index (χ1) is 14.7. The molecule has 2 aromatic rings. The largest absolute Gasteiger partial charge is 0.346 e. The molecule has 31 heavy (non-hydrogen) atoms. The molecule has 0 saturated heterocycles. The number of hydrogen-bond donors (Lipinski definition) is 0. The molecule has 0 aromatic heterocycles. The quantitative estimate of drug-likeness (QED) is 0.368. The maximum Gasteiger partial charge on any atom is 0.292 e. The van der Waals surface area contributed by atoms with Gasteiger partial charge in [-0.1, -0.05) is 59.6 Å². The highest BCUT2D eigenvalue weighted by Gasteiger charge is 2.50. The van der Waals surface area contributed by atoms with E-state index in [1.807, 2.05) is 35.2 Å². The van der Waals surface area contributed by atoms with Gasteiger partial charge in [-0.3, -0.25) is 4.57 Å². The average molecular weight is 566 g/mol. The van der Waals surface area contributed by atoms with Crippen LogP contribution in [0.2, 0.25) is 0 Å². The van der Waals surface area contributed by atoms with Crippen LogP contribution in [0.25, 0.3) is 0 Å². The van der Waals surface area contributed by atoms with Crippen molar-refractivity contribution in [2.75, 3.05) is 29.8 Å². The second kappa shape index (κ2) is 8.18. The minimum Gasteiger partial charge on any atom is -0.346 e. The van der Waals surface area contributed by atoms with Gasteiger partial charge >= 0.3 is 0 Å². The van der Waals surface area contributed by atoms with E-state index in [0.717, 1.165) is 31.3 Å². The second-order valence-electron chi connectivity index (χ2n) is 8.27. The van der Waals surface area contributed by atoms with Crippen LogP contribution in [0.4, 0.5) is 11.4 Å². The van der Waals surface area contributed by atoms with E-state index in [2.05, 4.69) is 89.7 Å². The Morgan fingerprint density at radius 2 is 1.65 bits per heavy atom. The molecule has 2 aromatic carbocycles. The second-order valence-corrected chi connectivity index (χ2v) is 12.6. The lowest BCUT2D eigenvalue weighted by atomic mass is 9.84. The van der Waals surface area contributed by atoms with Gasteiger partial charge in [0.25, 0.3) is 7.44 Å². The van der Waals surface area contributed by atoms with Gasteiger partial charge in [-0.15, -0.1) is 0 Å². The molecule has 1 unspecified atom stereocenters. The van der Waals surface area contributed by atoms with Gasteiger partial charge in [0, 0.05) is 45.9 Å². The molecule has 1 atom stereocenters. The number of likely N-dealkylation sites (N-methyl/N-ethyl adjacent to an activating group) is 1. The summed E-state index contributed by atoms with van der Waals surface area (Å²) in [6.07, 6.45) is 1.82. The van der Waals surface area contributed by atoms with Crippen LogP contribution in [0.5, 0.6) is 0 Å². The molecule has 2 aliphatic rings. The average Bonchev–Trinajstić information content (AvgIpc) is 3.15. The lowest BCUT2D eigenvalue weighted by Gasteiger charge is -2.36. The summed E-state index contributed by atoms with van der Waals surface area (Å²) in [5.74, 6) is 0. The summed E-state index contributed by atoms with van der Waals surface area (Å²) in [7, 11) is -1.13. The first-order valence-corrected chi connectivity index (χ1v) is 13.6. The van der Waals surface area contributed by atoms with E-state index in [-0.39, 0.29) is 5.41 Å². The molecule has 0 amide bonds. The van der Waals surface area contributed by atoms with Crippen molar-refractivity contribution < 1.29 is 4.57 Å². The molecule has 0 radical (unpaired) electrons. The zero-order chi connectivity index (χ0) is 22.6. The van der Waals surface area contributed by atoms with E-state index < -0.39 is 7.44 Å². The lowest BCUT2D eigenvalue weighted by molar-refractivity contribution is 0.446. The van der Waals surface area contributed by atoms with E-state index >= 15 is 0 Å². The van der Waals surface area contributed by atoms with E-state index in [4.69, 9.17) is 5.10 Å². The molecule has 0 saturated carbocycles. The first-order valence-electron chi connectivity index (χ1n) is 10.4. The molecular weight excluding hydrogens is 539 g/mol. The molecule has 0 spiro atoms. The smallest absolute Gasteiger partial charge is 0.292 e. The van der Waals surface area contributed by atoms with E-state index in [1.54, 1.807) is 4.78 Å². The van der Waals surface area contributed by atoms with Crippen LogP contribution in [0, 0.1) is 0 Å². The standard InChI is InChI=1S/C23H27Br2N4OP/c1-6-28(7-2)31(30)21(15-26-29(31)18-11-8-16(24)9-12-18)22-23(3,4)19-14-17(25)10-13-20(19)27(22)5/h8-15H,6-7H2,1-5H3/b22-21-. The van der Waals surface area contributed by atoms with Crippen molar-refractivity contribution >= 4 is 56.9 Å². The zero-order valence-corrected chi connectivity index (χ0v) is 22.5. The third-order valence-corrected chi connectivity index (χ3v) is 10.4. The van der Waals surface area contributed by atoms with Gasteiger partial charge in [0.1, 0.15) is 0 Å². The number of benzene rings is 2. The zero-order valence-electron chi connectivity index (χ0n) is 18.4. The van der Waals surface area contributed by atoms with Crippen LogP contribution in [-0.2, 0) is 9.98 Å². The maximum atomic E-state index is 15.0. The number of rotatable bonds is 4. The predicted molar refractivity (Wildman–Crippen MR) is 138 cm³/mol. The summed E-state index contributed by atoms with van der Waals surface area (Å²) >= 11 is 7.11. The summed E-state index contributed by atoms with van der Waals surface area (Å²) in [4.78, 5) is 2.18. The van der Waals surface area contributed by atoms with Crippen LogP contribution in [0.1, 0.15) is 33.3 Å². The van der Waals surface area contributed by atoms with Crippen molar-refractivity contribution in [3.05, 3.63) is 68.0 Å². The van der Waals surface area contributed by atoms with Crippen molar-refractivity contribution in [3.8, 4) is 0 Å². The number of nitrogens with zero attached hydrogens (tertiary/aromatic N) is 4. The van der Waals surface area contributed by atoms with Crippen molar-refractivity contribution in [3.63, 3.8) is 0 Å². The fourth-order valence-electron chi connectivity index (χ4n) is 4.69. The summed E-state index contributed by atoms with van der Waals surface area (Å²) in [5, 5.41) is 5.51. The molecule has 0 aliphatic carbocycles. The Labute approximate surface area is 201 Å². The predicted octanol–water partition coefficient (Wildman–Crippen LogP) is 7.19. The molecule has 0 N–H and O–H groups in total. The number of allylic oxidation sites excluding steroid dienone is 2. The monoisotopic (exact) mass is 564 g/mol. The third-order valence-electron chi connectivity index (χ3n) is 6.19. The Kier molecular flexibility index (Phi) is 6.01. The van der Waals surface area contributed by atoms with E-state index in [0.29, 0.717) is 13.1 Å². The van der Waals surface area contributed by atoms with Crippen LogP contribution in [0.15, 0.2) is 67.5 Å². The normalized spacial score (nSPS) is 24.4. The van der Waals surface area contributed by atoms with Gasteiger partial charge in [-0.2, -0.15) is 9.88 Å². The molecule has 164 valence electrons. The number of hydrogen-bond acceptors (Lipinski definition) is 3. The molecule has 0 bridgehead atoms. The van der Waals surface area contributed by atoms with Gasteiger partial charge in [0.2, 0.25) is 0 Å². The molecule has 8 heteroatoms. The van der Waals surface area contributed by atoms with Crippen molar-refractivity contribution in [1.29, 1.82) is 0 Å². The number of anilines is 2. The summed E-state index contributed by atoms with van der Waals surface area (Å²) in [5.41, 5.74) is 3.90. The lowest BCUT2D eigenvalue weighted by Crippen LogP contribution is -2.31. The molecule has 2 heterocycles. The SMILES string of the molecule is CCN(CC)P1(=O)/C(=C2\N(C)c3ccc(Br)cc3C2(C)C)C=NN1c1ccc(Br)cc1. The van der Waals surface area contributed by atoms with Crippen molar-refractivity contribution in [1.82, 2.24) is 4.67 Å². The minimum atomic E-state index is -3.19. The minimum absolute atomic E-state index is 0.312. The van der Waals surface area contributed by atoms with Gasteiger partial charge in [-0.25, -0.2) is 4.67 Å². The maximum absolute atomic E-state index is 15.0. The molecular formula is C23H27Br2N4OP. The highest BCUT2D eigenvalue weighted by molar-refractivity contribution is 9.10. The summed E-state index contributed by atoms with van der Waals surface area (Å²) in [6.45, 7) is 9.85. The van der Waals surface area contributed by atoms with Crippen molar-refractivity contribution in [2.45, 2.75) is 33.1 Å². The van der Waals surface area contributed by atoms with Gasteiger partial charge in [0.05, 0.1) is 17.2 Å². The Balaban J connectivity index is 1.95. The van der Waals surface area contributed by atoms with Gasteiger partial charge in [-0.05, 0) is 48.0 Å². The fourth-order valence-corrected chi connectivity index (χ4v) is 8.38.